The second-order valence-corrected chi connectivity index (χ2v) is 5.12. The summed E-state index contributed by atoms with van der Waals surface area (Å²) in [6, 6.07) is 0.801. The molecule has 0 spiro atoms. The smallest absolute Gasteiger partial charge is 0.00670 e. The number of hydrogen-bond acceptors (Lipinski definition) is 1. The molecular formula is C14H29N. The fourth-order valence-corrected chi connectivity index (χ4v) is 2.82. The van der Waals surface area contributed by atoms with Gasteiger partial charge in [0.1, 0.15) is 0 Å². The Labute approximate surface area is 96.0 Å². The monoisotopic (exact) mass is 211 g/mol. The molecule has 1 saturated carbocycles. The normalized spacial score (nSPS) is 19.6. The Morgan fingerprint density at radius 2 is 1.87 bits per heavy atom. The maximum absolute atomic E-state index is 3.64. The van der Waals surface area contributed by atoms with Crippen LogP contribution >= 0.6 is 0 Å². The van der Waals surface area contributed by atoms with E-state index < -0.39 is 0 Å². The number of hydrogen-bond donors (Lipinski definition) is 1. The summed E-state index contributed by atoms with van der Waals surface area (Å²) in [5, 5.41) is 3.64. The molecule has 0 aromatic rings. The van der Waals surface area contributed by atoms with Gasteiger partial charge < -0.3 is 5.32 Å². The highest BCUT2D eigenvalue weighted by atomic mass is 14.9. The predicted molar refractivity (Wildman–Crippen MR) is 68.2 cm³/mol. The molecule has 1 fully saturated rings. The maximum Gasteiger partial charge on any atom is 0.00670 e. The fraction of sp³-hybridized carbons (Fsp3) is 1.00. The van der Waals surface area contributed by atoms with Crippen molar-refractivity contribution in [2.24, 2.45) is 5.92 Å². The lowest BCUT2D eigenvalue weighted by Crippen LogP contribution is -2.29. The van der Waals surface area contributed by atoms with Crippen LogP contribution in [-0.4, -0.2) is 12.6 Å². The molecule has 15 heavy (non-hydrogen) atoms. The second-order valence-electron chi connectivity index (χ2n) is 5.12. The average molecular weight is 211 g/mol. The fourth-order valence-electron chi connectivity index (χ4n) is 2.82. The van der Waals surface area contributed by atoms with Gasteiger partial charge in [-0.05, 0) is 31.7 Å². The van der Waals surface area contributed by atoms with Crippen molar-refractivity contribution in [2.45, 2.75) is 77.7 Å². The molecule has 1 aliphatic rings. The zero-order valence-corrected chi connectivity index (χ0v) is 10.7. The first-order chi connectivity index (χ1) is 7.36. The van der Waals surface area contributed by atoms with E-state index in [4.69, 9.17) is 0 Å². The van der Waals surface area contributed by atoms with Crippen LogP contribution in [0.15, 0.2) is 0 Å². The highest BCUT2D eigenvalue weighted by Gasteiger charge is 2.16. The van der Waals surface area contributed by atoms with Crippen LogP contribution in [0.5, 0.6) is 0 Å². The van der Waals surface area contributed by atoms with Crippen LogP contribution in [-0.2, 0) is 0 Å². The minimum absolute atomic E-state index is 0.801. The van der Waals surface area contributed by atoms with E-state index in [1.165, 1.54) is 57.8 Å². The molecule has 0 heterocycles. The van der Waals surface area contributed by atoms with Gasteiger partial charge in [0.25, 0.3) is 0 Å². The molecule has 0 aromatic heterocycles. The van der Waals surface area contributed by atoms with E-state index in [0.29, 0.717) is 0 Å². The Bertz CT molecular complexity index is 138. The van der Waals surface area contributed by atoms with Gasteiger partial charge >= 0.3 is 0 Å². The summed E-state index contributed by atoms with van der Waals surface area (Å²) in [4.78, 5) is 0. The molecule has 0 amide bonds. The van der Waals surface area contributed by atoms with Gasteiger partial charge in [0.15, 0.2) is 0 Å². The number of nitrogens with one attached hydrogen (secondary N) is 1. The molecule has 1 unspecified atom stereocenters. The summed E-state index contributed by atoms with van der Waals surface area (Å²) in [6.07, 6.45) is 13.0. The Morgan fingerprint density at radius 1 is 1.13 bits per heavy atom. The minimum Gasteiger partial charge on any atom is -0.314 e. The summed E-state index contributed by atoms with van der Waals surface area (Å²) >= 11 is 0. The van der Waals surface area contributed by atoms with E-state index in [1.807, 2.05) is 0 Å². The first kappa shape index (κ1) is 13.0. The largest absolute Gasteiger partial charge is 0.314 e. The Morgan fingerprint density at radius 3 is 2.47 bits per heavy atom. The first-order valence-electron chi connectivity index (χ1n) is 7.10. The number of unbranched alkanes of at least 4 members (excludes halogenated alkanes) is 1. The Kier molecular flexibility index (Phi) is 7.08. The molecule has 0 radical (unpaired) electrons. The molecule has 0 bridgehead atoms. The van der Waals surface area contributed by atoms with Crippen LogP contribution in [0.1, 0.15) is 71.6 Å². The van der Waals surface area contributed by atoms with Crippen LogP contribution in [0.2, 0.25) is 0 Å². The van der Waals surface area contributed by atoms with E-state index in [2.05, 4.69) is 19.2 Å². The number of rotatable bonds is 8. The van der Waals surface area contributed by atoms with E-state index in [1.54, 1.807) is 0 Å². The topological polar surface area (TPSA) is 12.0 Å². The van der Waals surface area contributed by atoms with Crippen molar-refractivity contribution in [1.29, 1.82) is 0 Å². The summed E-state index contributed by atoms with van der Waals surface area (Å²) in [7, 11) is 0. The van der Waals surface area contributed by atoms with Gasteiger partial charge in [-0.25, -0.2) is 0 Å². The van der Waals surface area contributed by atoms with Crippen molar-refractivity contribution in [3.05, 3.63) is 0 Å². The summed E-state index contributed by atoms with van der Waals surface area (Å²) in [5.41, 5.74) is 0. The third kappa shape index (κ3) is 5.55. The third-order valence-electron chi connectivity index (χ3n) is 3.80. The summed E-state index contributed by atoms with van der Waals surface area (Å²) in [6.45, 7) is 5.66. The van der Waals surface area contributed by atoms with Gasteiger partial charge in [-0.1, -0.05) is 52.4 Å². The minimum atomic E-state index is 0.801. The Balaban J connectivity index is 2.11. The van der Waals surface area contributed by atoms with Gasteiger partial charge in [0.2, 0.25) is 0 Å². The molecule has 1 aliphatic carbocycles. The lowest BCUT2D eigenvalue weighted by Gasteiger charge is -2.19. The van der Waals surface area contributed by atoms with Crippen LogP contribution in [0, 0.1) is 5.92 Å². The molecule has 0 saturated heterocycles. The van der Waals surface area contributed by atoms with Gasteiger partial charge in [-0.2, -0.15) is 0 Å². The van der Waals surface area contributed by atoms with Crippen LogP contribution in [0.25, 0.3) is 0 Å². The summed E-state index contributed by atoms with van der Waals surface area (Å²) < 4.78 is 0. The third-order valence-corrected chi connectivity index (χ3v) is 3.80. The molecule has 1 N–H and O–H groups in total. The maximum atomic E-state index is 3.64. The molecule has 90 valence electrons. The van der Waals surface area contributed by atoms with Crippen molar-refractivity contribution < 1.29 is 0 Å². The van der Waals surface area contributed by atoms with E-state index in [0.717, 1.165) is 18.5 Å². The lowest BCUT2D eigenvalue weighted by molar-refractivity contribution is 0.387. The van der Waals surface area contributed by atoms with Gasteiger partial charge in [0, 0.05) is 6.04 Å². The van der Waals surface area contributed by atoms with Crippen LogP contribution < -0.4 is 5.32 Å². The van der Waals surface area contributed by atoms with Crippen LogP contribution in [0.4, 0.5) is 0 Å². The van der Waals surface area contributed by atoms with Gasteiger partial charge in [0.05, 0.1) is 0 Å². The predicted octanol–water partition coefficient (Wildman–Crippen LogP) is 4.13. The molecule has 0 aliphatic heterocycles. The second kappa shape index (κ2) is 8.15. The van der Waals surface area contributed by atoms with E-state index in [-0.39, 0.29) is 0 Å². The molecular weight excluding hydrogens is 182 g/mol. The first-order valence-corrected chi connectivity index (χ1v) is 7.10. The standard InChI is InChI=1S/C14H29N/c1-3-5-10-14(15-4-2)12-11-13-8-6-7-9-13/h13-15H,3-12H2,1-2H3. The Hall–Kier alpha value is -0.0400. The quantitative estimate of drug-likeness (QED) is 0.636. The molecule has 1 rings (SSSR count). The average Bonchev–Trinajstić information content (AvgIpc) is 2.75. The summed E-state index contributed by atoms with van der Waals surface area (Å²) in [5.74, 6) is 1.06. The zero-order chi connectivity index (χ0) is 10.9. The van der Waals surface area contributed by atoms with Crippen molar-refractivity contribution >= 4 is 0 Å². The van der Waals surface area contributed by atoms with Crippen molar-refractivity contribution in [2.75, 3.05) is 6.54 Å². The zero-order valence-electron chi connectivity index (χ0n) is 10.7. The van der Waals surface area contributed by atoms with Gasteiger partial charge in [-0.15, -0.1) is 0 Å². The highest BCUT2D eigenvalue weighted by Crippen LogP contribution is 2.29. The van der Waals surface area contributed by atoms with Crippen molar-refractivity contribution in [1.82, 2.24) is 5.32 Å². The lowest BCUT2D eigenvalue weighted by atomic mass is 9.96. The SMILES string of the molecule is CCCCC(CCC1CCCC1)NCC. The van der Waals surface area contributed by atoms with E-state index >= 15 is 0 Å². The van der Waals surface area contributed by atoms with Crippen molar-refractivity contribution in [3.63, 3.8) is 0 Å². The molecule has 1 atom stereocenters. The molecule has 0 aromatic carbocycles. The molecule has 1 nitrogen and oxygen atoms in total. The van der Waals surface area contributed by atoms with Gasteiger partial charge in [-0.3, -0.25) is 0 Å². The van der Waals surface area contributed by atoms with Crippen LogP contribution in [0.3, 0.4) is 0 Å². The van der Waals surface area contributed by atoms with Crippen molar-refractivity contribution in [3.8, 4) is 0 Å². The van der Waals surface area contributed by atoms with E-state index in [9.17, 15) is 0 Å². The molecule has 1 heteroatoms. The highest BCUT2D eigenvalue weighted by molar-refractivity contribution is 4.72.